The Morgan fingerprint density at radius 3 is 2.57 bits per heavy atom. The zero-order valence-corrected chi connectivity index (χ0v) is 16.6. The van der Waals surface area contributed by atoms with E-state index in [1.54, 1.807) is 25.5 Å². The Balaban J connectivity index is 1.35. The second-order valence-electron chi connectivity index (χ2n) is 7.93. The second-order valence-corrected chi connectivity index (χ2v) is 7.93. The van der Waals surface area contributed by atoms with Gasteiger partial charge in [-0.25, -0.2) is 0 Å². The van der Waals surface area contributed by atoms with Gasteiger partial charge in [-0.05, 0) is 80.7 Å². The highest BCUT2D eigenvalue weighted by molar-refractivity contribution is 5.91. The van der Waals surface area contributed by atoms with E-state index in [0.717, 1.165) is 56.7 Å². The minimum atomic E-state index is 0.000136. The molecule has 1 saturated heterocycles. The van der Waals surface area contributed by atoms with Crippen LogP contribution in [0.4, 0.5) is 0 Å². The molecular formula is C23H29NO4. The Morgan fingerprint density at radius 2 is 1.89 bits per heavy atom. The molecule has 5 heteroatoms. The smallest absolute Gasteiger partial charge is 0.289 e. The quantitative estimate of drug-likeness (QED) is 0.725. The molecule has 1 saturated carbocycles. The summed E-state index contributed by atoms with van der Waals surface area (Å²) in [6, 6.07) is 9.81. The Labute approximate surface area is 166 Å². The van der Waals surface area contributed by atoms with Gasteiger partial charge in [-0.3, -0.25) is 4.79 Å². The van der Waals surface area contributed by atoms with Gasteiger partial charge in [0.1, 0.15) is 0 Å². The molecular weight excluding hydrogens is 354 g/mol. The van der Waals surface area contributed by atoms with Crippen molar-refractivity contribution in [2.24, 2.45) is 5.92 Å². The topological polar surface area (TPSA) is 51.9 Å². The van der Waals surface area contributed by atoms with Crippen molar-refractivity contribution in [2.75, 3.05) is 20.2 Å². The number of furan rings is 1. The highest BCUT2D eigenvalue weighted by Crippen LogP contribution is 2.34. The van der Waals surface area contributed by atoms with Gasteiger partial charge in [-0.2, -0.15) is 0 Å². The van der Waals surface area contributed by atoms with E-state index < -0.39 is 0 Å². The van der Waals surface area contributed by atoms with E-state index in [4.69, 9.17) is 13.9 Å². The van der Waals surface area contributed by atoms with Gasteiger partial charge in [0, 0.05) is 13.1 Å². The molecule has 0 N–H and O–H groups in total. The fourth-order valence-corrected chi connectivity index (χ4v) is 4.36. The highest BCUT2D eigenvalue weighted by atomic mass is 16.5. The lowest BCUT2D eigenvalue weighted by molar-refractivity contribution is 0.0658. The molecule has 4 rings (SSSR count). The number of carbonyl (C=O) groups excluding carboxylic acids is 1. The molecule has 2 aliphatic rings. The highest BCUT2D eigenvalue weighted by Gasteiger charge is 2.25. The summed E-state index contributed by atoms with van der Waals surface area (Å²) in [4.78, 5) is 14.3. The van der Waals surface area contributed by atoms with Gasteiger partial charge >= 0.3 is 0 Å². The van der Waals surface area contributed by atoms with Crippen LogP contribution in [0, 0.1) is 5.92 Å². The summed E-state index contributed by atoms with van der Waals surface area (Å²) in [5, 5.41) is 0. The third-order valence-electron chi connectivity index (χ3n) is 5.98. The van der Waals surface area contributed by atoms with Crippen molar-refractivity contribution in [1.29, 1.82) is 0 Å². The van der Waals surface area contributed by atoms with Gasteiger partial charge in [0.2, 0.25) is 0 Å². The molecule has 1 amide bonds. The predicted octanol–water partition coefficient (Wildman–Crippen LogP) is 4.70. The Hall–Kier alpha value is -2.43. The van der Waals surface area contributed by atoms with E-state index in [0.29, 0.717) is 17.8 Å². The molecule has 0 unspecified atom stereocenters. The molecule has 0 atom stereocenters. The van der Waals surface area contributed by atoms with E-state index >= 15 is 0 Å². The summed E-state index contributed by atoms with van der Waals surface area (Å²) in [7, 11) is 1.70. The van der Waals surface area contributed by atoms with Crippen molar-refractivity contribution >= 4 is 5.91 Å². The molecule has 2 heterocycles. The number of likely N-dealkylation sites (tertiary alicyclic amines) is 1. The van der Waals surface area contributed by atoms with Crippen LogP contribution in [0.5, 0.6) is 11.5 Å². The number of methoxy groups -OCH3 is 1. The summed E-state index contributed by atoms with van der Waals surface area (Å²) in [5.41, 5.74) is 1.28. The standard InChI is InChI=1S/C23H29NO4/c1-26-20-9-8-18(16-22(20)28-19-5-2-3-6-19)15-17-10-12-24(13-11-17)23(25)21-7-4-14-27-21/h4,7-9,14,16-17,19H,2-3,5-6,10-13,15H2,1H3. The van der Waals surface area contributed by atoms with Crippen molar-refractivity contribution < 1.29 is 18.7 Å². The Morgan fingerprint density at radius 1 is 1.11 bits per heavy atom. The molecule has 150 valence electrons. The molecule has 5 nitrogen and oxygen atoms in total. The van der Waals surface area contributed by atoms with Crippen LogP contribution in [0.3, 0.4) is 0 Å². The second kappa shape index (κ2) is 8.72. The molecule has 28 heavy (non-hydrogen) atoms. The number of hydrogen-bond donors (Lipinski definition) is 0. The third-order valence-corrected chi connectivity index (χ3v) is 5.98. The first-order valence-electron chi connectivity index (χ1n) is 10.4. The number of nitrogens with zero attached hydrogens (tertiary/aromatic N) is 1. The lowest BCUT2D eigenvalue weighted by atomic mass is 9.90. The average Bonchev–Trinajstić information content (AvgIpc) is 3.43. The summed E-state index contributed by atoms with van der Waals surface area (Å²) < 4.78 is 17.0. The molecule has 1 aliphatic carbocycles. The first-order valence-corrected chi connectivity index (χ1v) is 10.4. The average molecular weight is 383 g/mol. The van der Waals surface area contributed by atoms with E-state index in [1.165, 1.54) is 18.4 Å². The Kier molecular flexibility index (Phi) is 5.89. The molecule has 0 radical (unpaired) electrons. The lowest BCUT2D eigenvalue weighted by Gasteiger charge is -2.31. The molecule has 2 aromatic rings. The fourth-order valence-electron chi connectivity index (χ4n) is 4.36. The van der Waals surface area contributed by atoms with Gasteiger partial charge in [0.25, 0.3) is 5.91 Å². The van der Waals surface area contributed by atoms with Crippen LogP contribution in [0.1, 0.15) is 54.6 Å². The number of carbonyl (C=O) groups is 1. The zero-order chi connectivity index (χ0) is 19.3. The van der Waals surface area contributed by atoms with Crippen LogP contribution >= 0.6 is 0 Å². The van der Waals surface area contributed by atoms with Crippen LogP contribution in [-0.4, -0.2) is 37.1 Å². The van der Waals surface area contributed by atoms with E-state index in [-0.39, 0.29) is 5.91 Å². The molecule has 2 fully saturated rings. The number of rotatable bonds is 6. The number of piperidine rings is 1. The molecule has 1 aromatic carbocycles. The lowest BCUT2D eigenvalue weighted by Crippen LogP contribution is -2.38. The van der Waals surface area contributed by atoms with Gasteiger partial charge in [0.15, 0.2) is 17.3 Å². The van der Waals surface area contributed by atoms with Crippen molar-refractivity contribution in [2.45, 2.75) is 51.0 Å². The summed E-state index contributed by atoms with van der Waals surface area (Å²) >= 11 is 0. The minimum absolute atomic E-state index is 0.000136. The van der Waals surface area contributed by atoms with E-state index in [1.807, 2.05) is 11.0 Å². The first-order chi connectivity index (χ1) is 13.7. The van der Waals surface area contributed by atoms with Crippen LogP contribution in [0.15, 0.2) is 41.0 Å². The zero-order valence-electron chi connectivity index (χ0n) is 16.6. The number of hydrogen-bond acceptors (Lipinski definition) is 4. The van der Waals surface area contributed by atoms with Crippen molar-refractivity contribution in [3.63, 3.8) is 0 Å². The maximum atomic E-state index is 12.4. The number of benzene rings is 1. The first kappa shape index (κ1) is 18.9. The summed E-state index contributed by atoms with van der Waals surface area (Å²) in [6.45, 7) is 1.57. The summed E-state index contributed by atoms with van der Waals surface area (Å²) in [6.07, 6.45) is 9.67. The van der Waals surface area contributed by atoms with E-state index in [9.17, 15) is 4.79 Å². The molecule has 1 aliphatic heterocycles. The molecule has 1 aromatic heterocycles. The maximum Gasteiger partial charge on any atom is 0.289 e. The molecule has 0 bridgehead atoms. The largest absolute Gasteiger partial charge is 0.493 e. The monoisotopic (exact) mass is 383 g/mol. The Bertz CT molecular complexity index is 772. The van der Waals surface area contributed by atoms with Gasteiger partial charge in [-0.15, -0.1) is 0 Å². The van der Waals surface area contributed by atoms with Crippen molar-refractivity contribution in [3.05, 3.63) is 47.9 Å². The van der Waals surface area contributed by atoms with Crippen LogP contribution in [0.2, 0.25) is 0 Å². The summed E-state index contributed by atoms with van der Waals surface area (Å²) in [5.74, 6) is 2.70. The van der Waals surface area contributed by atoms with Gasteiger partial charge in [0.05, 0.1) is 19.5 Å². The predicted molar refractivity (Wildman–Crippen MR) is 107 cm³/mol. The van der Waals surface area contributed by atoms with Crippen LogP contribution < -0.4 is 9.47 Å². The van der Waals surface area contributed by atoms with Gasteiger partial charge < -0.3 is 18.8 Å². The number of amides is 1. The molecule has 0 spiro atoms. The minimum Gasteiger partial charge on any atom is -0.493 e. The SMILES string of the molecule is COc1ccc(CC2CCN(C(=O)c3ccco3)CC2)cc1OC1CCCC1. The normalized spacial score (nSPS) is 18.4. The van der Waals surface area contributed by atoms with Crippen molar-refractivity contribution in [1.82, 2.24) is 4.90 Å². The van der Waals surface area contributed by atoms with Crippen LogP contribution in [0.25, 0.3) is 0 Å². The van der Waals surface area contributed by atoms with E-state index in [2.05, 4.69) is 12.1 Å². The third kappa shape index (κ3) is 4.34. The van der Waals surface area contributed by atoms with Crippen molar-refractivity contribution in [3.8, 4) is 11.5 Å². The number of ether oxygens (including phenoxy) is 2. The van der Waals surface area contributed by atoms with Gasteiger partial charge in [-0.1, -0.05) is 6.07 Å². The van der Waals surface area contributed by atoms with Crippen LogP contribution in [-0.2, 0) is 6.42 Å². The maximum absolute atomic E-state index is 12.4. The fraction of sp³-hybridized carbons (Fsp3) is 0.522.